The van der Waals surface area contributed by atoms with E-state index in [0.717, 1.165) is 5.56 Å². The molecule has 2 heterocycles. The average Bonchev–Trinajstić information content (AvgIpc) is 3.07. The van der Waals surface area contributed by atoms with Crippen LogP contribution in [0.1, 0.15) is 27.3 Å². The highest BCUT2D eigenvalue weighted by molar-refractivity contribution is 5.94. The number of aromatic nitrogens is 4. The number of hydrogen-bond donors (Lipinski definition) is 3. The first-order valence-corrected chi connectivity index (χ1v) is 7.44. The minimum Gasteiger partial charge on any atom is -0.507 e. The molecule has 24 heavy (non-hydrogen) atoms. The van der Waals surface area contributed by atoms with Gasteiger partial charge in [0.05, 0.1) is 6.54 Å². The Labute approximate surface area is 138 Å². The normalized spacial score (nSPS) is 10.6. The SMILES string of the molecule is Cc1cc(C(=O)NCc2nc(-c3ccncc3)n[nH]2)cc(C)c1O. The molecule has 1 aromatic carbocycles. The minimum absolute atomic E-state index is 0.212. The molecule has 0 spiro atoms. The molecule has 0 unspecified atom stereocenters. The van der Waals surface area contributed by atoms with Crippen LogP contribution in [-0.2, 0) is 6.54 Å². The van der Waals surface area contributed by atoms with Crippen molar-refractivity contribution in [3.63, 3.8) is 0 Å². The average molecular weight is 323 g/mol. The van der Waals surface area contributed by atoms with Gasteiger partial charge in [-0.15, -0.1) is 0 Å². The van der Waals surface area contributed by atoms with Crippen molar-refractivity contribution in [1.29, 1.82) is 0 Å². The highest BCUT2D eigenvalue weighted by Crippen LogP contribution is 2.22. The van der Waals surface area contributed by atoms with Gasteiger partial charge < -0.3 is 10.4 Å². The first kappa shape index (κ1) is 15.7. The third-order valence-corrected chi connectivity index (χ3v) is 3.64. The molecular formula is C17H17N5O2. The number of rotatable bonds is 4. The van der Waals surface area contributed by atoms with E-state index in [0.29, 0.717) is 28.3 Å². The fraction of sp³-hybridized carbons (Fsp3) is 0.176. The standard InChI is InChI=1S/C17H17N5O2/c1-10-7-13(8-11(2)15(10)23)17(24)19-9-14-20-16(22-21-14)12-3-5-18-6-4-12/h3-8,23H,9H2,1-2H3,(H,19,24)(H,20,21,22). The van der Waals surface area contributed by atoms with Gasteiger partial charge in [-0.05, 0) is 49.2 Å². The van der Waals surface area contributed by atoms with Gasteiger partial charge in [0.1, 0.15) is 11.6 Å². The van der Waals surface area contributed by atoms with E-state index in [1.165, 1.54) is 0 Å². The number of carbonyl (C=O) groups excluding carboxylic acids is 1. The Hall–Kier alpha value is -3.22. The topological polar surface area (TPSA) is 104 Å². The number of amides is 1. The lowest BCUT2D eigenvalue weighted by Crippen LogP contribution is -2.23. The van der Waals surface area contributed by atoms with Crippen LogP contribution in [0, 0.1) is 13.8 Å². The first-order chi connectivity index (χ1) is 11.5. The van der Waals surface area contributed by atoms with Crippen LogP contribution in [0.5, 0.6) is 5.75 Å². The van der Waals surface area contributed by atoms with Gasteiger partial charge in [0, 0.05) is 23.5 Å². The number of aromatic amines is 1. The number of pyridine rings is 1. The molecule has 0 radical (unpaired) electrons. The Bertz CT molecular complexity index is 851. The maximum atomic E-state index is 12.2. The lowest BCUT2D eigenvalue weighted by atomic mass is 10.1. The highest BCUT2D eigenvalue weighted by atomic mass is 16.3. The van der Waals surface area contributed by atoms with Gasteiger partial charge in [0.25, 0.3) is 5.91 Å². The van der Waals surface area contributed by atoms with Crippen LogP contribution < -0.4 is 5.32 Å². The Morgan fingerprint density at radius 3 is 2.54 bits per heavy atom. The van der Waals surface area contributed by atoms with Crippen LogP contribution in [0.25, 0.3) is 11.4 Å². The van der Waals surface area contributed by atoms with Crippen LogP contribution in [-0.4, -0.2) is 31.2 Å². The van der Waals surface area contributed by atoms with Crippen molar-refractivity contribution in [3.05, 3.63) is 59.2 Å². The lowest BCUT2D eigenvalue weighted by Gasteiger charge is -2.08. The largest absolute Gasteiger partial charge is 0.507 e. The van der Waals surface area contributed by atoms with Crippen LogP contribution in [0.2, 0.25) is 0 Å². The van der Waals surface area contributed by atoms with E-state index in [4.69, 9.17) is 0 Å². The molecule has 0 saturated heterocycles. The first-order valence-electron chi connectivity index (χ1n) is 7.44. The summed E-state index contributed by atoms with van der Waals surface area (Å²) >= 11 is 0. The molecule has 0 aliphatic rings. The fourth-order valence-electron chi connectivity index (χ4n) is 2.36. The number of nitrogens with one attached hydrogen (secondary N) is 2. The molecule has 3 aromatic rings. The molecule has 0 atom stereocenters. The van der Waals surface area contributed by atoms with E-state index in [-0.39, 0.29) is 18.2 Å². The molecule has 7 nitrogen and oxygen atoms in total. The smallest absolute Gasteiger partial charge is 0.251 e. The number of aromatic hydroxyl groups is 1. The number of phenolic OH excluding ortho intramolecular Hbond substituents is 1. The summed E-state index contributed by atoms with van der Waals surface area (Å²) < 4.78 is 0. The minimum atomic E-state index is -0.233. The Balaban J connectivity index is 1.68. The predicted octanol–water partition coefficient (Wildman–Crippen LogP) is 2.12. The van der Waals surface area contributed by atoms with E-state index in [1.54, 1.807) is 38.4 Å². The molecule has 7 heteroatoms. The zero-order chi connectivity index (χ0) is 17.1. The summed E-state index contributed by atoms with van der Waals surface area (Å²) in [5.41, 5.74) is 2.68. The van der Waals surface area contributed by atoms with Gasteiger partial charge >= 0.3 is 0 Å². The summed E-state index contributed by atoms with van der Waals surface area (Å²) in [6.07, 6.45) is 3.34. The quantitative estimate of drug-likeness (QED) is 0.682. The van der Waals surface area contributed by atoms with E-state index in [9.17, 15) is 9.90 Å². The second kappa shape index (κ2) is 6.49. The second-order valence-corrected chi connectivity index (χ2v) is 5.48. The van der Waals surface area contributed by atoms with Crippen LogP contribution >= 0.6 is 0 Å². The number of hydrogen-bond acceptors (Lipinski definition) is 5. The van der Waals surface area contributed by atoms with E-state index < -0.39 is 0 Å². The van der Waals surface area contributed by atoms with Crippen molar-refractivity contribution in [1.82, 2.24) is 25.5 Å². The molecule has 0 fully saturated rings. The van der Waals surface area contributed by atoms with Crippen molar-refractivity contribution >= 4 is 5.91 Å². The number of nitrogens with zero attached hydrogens (tertiary/aromatic N) is 3. The maximum absolute atomic E-state index is 12.2. The molecule has 0 aliphatic carbocycles. The number of aryl methyl sites for hydroxylation is 2. The maximum Gasteiger partial charge on any atom is 0.251 e. The zero-order valence-corrected chi connectivity index (χ0v) is 13.4. The van der Waals surface area contributed by atoms with Gasteiger partial charge in [-0.25, -0.2) is 4.98 Å². The summed E-state index contributed by atoms with van der Waals surface area (Å²) in [6, 6.07) is 6.93. The molecule has 3 rings (SSSR count). The van der Waals surface area contributed by atoms with Crippen molar-refractivity contribution in [2.45, 2.75) is 20.4 Å². The van der Waals surface area contributed by atoms with Crippen molar-refractivity contribution in [3.8, 4) is 17.1 Å². The lowest BCUT2D eigenvalue weighted by molar-refractivity contribution is 0.0949. The summed E-state index contributed by atoms with van der Waals surface area (Å²) in [4.78, 5) is 20.5. The van der Waals surface area contributed by atoms with E-state index >= 15 is 0 Å². The van der Waals surface area contributed by atoms with Crippen molar-refractivity contribution < 1.29 is 9.90 Å². The Morgan fingerprint density at radius 1 is 1.21 bits per heavy atom. The third-order valence-electron chi connectivity index (χ3n) is 3.64. The third kappa shape index (κ3) is 3.24. The van der Waals surface area contributed by atoms with Gasteiger partial charge in [-0.3, -0.25) is 14.9 Å². The number of phenols is 1. The molecule has 0 aliphatic heterocycles. The van der Waals surface area contributed by atoms with E-state index in [2.05, 4.69) is 25.5 Å². The molecule has 3 N–H and O–H groups in total. The van der Waals surface area contributed by atoms with Crippen molar-refractivity contribution in [2.75, 3.05) is 0 Å². The number of H-pyrrole nitrogens is 1. The Kier molecular flexibility index (Phi) is 4.24. The predicted molar refractivity (Wildman–Crippen MR) is 88.4 cm³/mol. The van der Waals surface area contributed by atoms with Crippen LogP contribution in [0.15, 0.2) is 36.7 Å². The van der Waals surface area contributed by atoms with Crippen LogP contribution in [0.3, 0.4) is 0 Å². The molecule has 0 bridgehead atoms. The van der Waals surface area contributed by atoms with Crippen molar-refractivity contribution in [2.24, 2.45) is 0 Å². The fourth-order valence-corrected chi connectivity index (χ4v) is 2.36. The molecular weight excluding hydrogens is 306 g/mol. The summed E-state index contributed by atoms with van der Waals surface area (Å²) in [7, 11) is 0. The number of carbonyl (C=O) groups is 1. The number of benzene rings is 1. The summed E-state index contributed by atoms with van der Waals surface area (Å²) in [5, 5.41) is 19.5. The second-order valence-electron chi connectivity index (χ2n) is 5.48. The Morgan fingerprint density at radius 2 is 1.88 bits per heavy atom. The van der Waals surface area contributed by atoms with Gasteiger partial charge in [-0.2, -0.15) is 5.10 Å². The van der Waals surface area contributed by atoms with Gasteiger partial charge in [0.15, 0.2) is 5.82 Å². The molecule has 0 saturated carbocycles. The highest BCUT2D eigenvalue weighted by Gasteiger charge is 2.11. The molecule has 2 aromatic heterocycles. The van der Waals surface area contributed by atoms with E-state index in [1.807, 2.05) is 12.1 Å². The molecule has 1 amide bonds. The summed E-state index contributed by atoms with van der Waals surface area (Å²) in [5.74, 6) is 1.09. The molecule has 122 valence electrons. The monoisotopic (exact) mass is 323 g/mol. The summed E-state index contributed by atoms with van der Waals surface area (Å²) in [6.45, 7) is 3.75. The zero-order valence-electron chi connectivity index (χ0n) is 13.4. The van der Waals surface area contributed by atoms with Crippen LogP contribution in [0.4, 0.5) is 0 Å². The van der Waals surface area contributed by atoms with Gasteiger partial charge in [0.2, 0.25) is 0 Å². The van der Waals surface area contributed by atoms with Gasteiger partial charge in [-0.1, -0.05) is 0 Å².